The number of aryl methyl sites for hydroxylation is 1. The normalized spacial score (nSPS) is 16.9. The van der Waals surface area contributed by atoms with Gasteiger partial charge in [0.15, 0.2) is 0 Å². The number of aromatic nitrogens is 1. The Morgan fingerprint density at radius 2 is 1.71 bits per heavy atom. The topological polar surface area (TPSA) is 68.2 Å². The number of hydrogen-bond acceptors (Lipinski definition) is 5. The predicted octanol–water partition coefficient (Wildman–Crippen LogP) is 4.40. The van der Waals surface area contributed by atoms with Crippen LogP contribution in [0, 0.1) is 6.92 Å². The third-order valence-corrected chi connectivity index (χ3v) is 8.55. The van der Waals surface area contributed by atoms with Gasteiger partial charge in [0.25, 0.3) is 10.0 Å². The zero-order valence-electron chi connectivity index (χ0n) is 16.5. The molecule has 1 N–H and O–H groups in total. The molecular formula is C23H18N2O3S3. The highest BCUT2D eigenvalue weighted by Gasteiger charge is 2.29. The fourth-order valence-corrected chi connectivity index (χ4v) is 6.76. The summed E-state index contributed by atoms with van der Waals surface area (Å²) in [5.74, 6) is -0.0838. The molecule has 8 heteroatoms. The van der Waals surface area contributed by atoms with Gasteiger partial charge in [-0.25, -0.2) is 12.4 Å². The Labute approximate surface area is 189 Å². The largest absolute Gasteiger partial charge is 0.311 e. The Morgan fingerprint density at radius 1 is 1.00 bits per heavy atom. The van der Waals surface area contributed by atoms with Gasteiger partial charge in [-0.3, -0.25) is 4.79 Å². The van der Waals surface area contributed by atoms with E-state index in [4.69, 9.17) is 12.2 Å². The number of benzene rings is 3. The fourth-order valence-electron chi connectivity index (χ4n) is 3.93. The Bertz CT molecular complexity index is 1470. The molecule has 1 amide bonds. The van der Waals surface area contributed by atoms with E-state index in [9.17, 15) is 13.2 Å². The summed E-state index contributed by atoms with van der Waals surface area (Å²) >= 11 is 6.44. The number of nitrogens with one attached hydrogen (secondary N) is 1. The Kier molecular flexibility index (Phi) is 4.88. The molecule has 0 saturated carbocycles. The van der Waals surface area contributed by atoms with E-state index >= 15 is 0 Å². The van der Waals surface area contributed by atoms with Crippen LogP contribution < -0.4 is 5.32 Å². The maximum Gasteiger partial charge on any atom is 0.268 e. The number of fused-ring (bicyclic) bond motifs is 3. The number of thioether (sulfide) groups is 1. The van der Waals surface area contributed by atoms with Crippen LogP contribution in [0.15, 0.2) is 71.6 Å². The predicted molar refractivity (Wildman–Crippen MR) is 129 cm³/mol. The van der Waals surface area contributed by atoms with Crippen LogP contribution in [-0.2, 0) is 21.2 Å². The molecule has 2 heterocycles. The minimum atomic E-state index is -3.79. The van der Waals surface area contributed by atoms with Crippen molar-refractivity contribution in [3.8, 4) is 0 Å². The summed E-state index contributed by atoms with van der Waals surface area (Å²) < 4.78 is 29.1. The van der Waals surface area contributed by atoms with Crippen LogP contribution in [0.25, 0.3) is 21.8 Å². The van der Waals surface area contributed by atoms with Crippen LogP contribution in [0.1, 0.15) is 11.1 Å². The van der Waals surface area contributed by atoms with E-state index in [1.807, 2.05) is 49.4 Å². The van der Waals surface area contributed by atoms with E-state index in [1.54, 1.807) is 24.3 Å². The van der Waals surface area contributed by atoms with Gasteiger partial charge in [0.1, 0.15) is 4.32 Å². The highest BCUT2D eigenvalue weighted by Crippen LogP contribution is 2.34. The lowest BCUT2D eigenvalue weighted by Crippen LogP contribution is -2.25. The summed E-state index contributed by atoms with van der Waals surface area (Å²) in [5, 5.41) is 4.10. The molecule has 4 aromatic rings. The fraction of sp³-hybridized carbons (Fsp3) is 0.130. The molecule has 1 aromatic heterocycles. The Morgan fingerprint density at radius 3 is 2.42 bits per heavy atom. The first-order valence-electron chi connectivity index (χ1n) is 9.70. The number of amides is 1. The molecule has 1 aliphatic heterocycles. The number of thiocarbonyl (C=S) groups is 1. The van der Waals surface area contributed by atoms with Crippen molar-refractivity contribution < 1.29 is 13.2 Å². The highest BCUT2D eigenvalue weighted by molar-refractivity contribution is 8.24. The van der Waals surface area contributed by atoms with Crippen molar-refractivity contribution >= 4 is 66.0 Å². The number of nitrogens with zero attached hydrogens (tertiary/aromatic N) is 1. The molecule has 1 saturated heterocycles. The summed E-state index contributed by atoms with van der Waals surface area (Å²) in [6.45, 7) is 1.92. The van der Waals surface area contributed by atoms with Crippen LogP contribution in [0.4, 0.5) is 0 Å². The van der Waals surface area contributed by atoms with E-state index < -0.39 is 10.0 Å². The van der Waals surface area contributed by atoms with Crippen molar-refractivity contribution in [1.29, 1.82) is 0 Å². The van der Waals surface area contributed by atoms with Gasteiger partial charge in [-0.1, -0.05) is 65.9 Å². The van der Waals surface area contributed by atoms with Crippen molar-refractivity contribution in [3.63, 3.8) is 0 Å². The first-order chi connectivity index (χ1) is 14.8. The highest BCUT2D eigenvalue weighted by atomic mass is 32.2. The number of carbonyl (C=O) groups excluding carboxylic acids is 1. The van der Waals surface area contributed by atoms with Gasteiger partial charge in [0.2, 0.25) is 5.91 Å². The third kappa shape index (κ3) is 3.44. The van der Waals surface area contributed by atoms with Gasteiger partial charge < -0.3 is 5.32 Å². The molecule has 5 nitrogen and oxygen atoms in total. The molecule has 3 aromatic carbocycles. The molecule has 31 heavy (non-hydrogen) atoms. The lowest BCUT2D eigenvalue weighted by atomic mass is 10.1. The Hall–Kier alpha value is -2.68. The molecule has 1 unspecified atom stereocenters. The third-order valence-electron chi connectivity index (χ3n) is 5.44. The van der Waals surface area contributed by atoms with Crippen molar-refractivity contribution in [2.45, 2.75) is 23.5 Å². The molecule has 0 spiro atoms. The Balaban J connectivity index is 1.68. The average Bonchev–Trinajstić information content (AvgIpc) is 3.24. The smallest absolute Gasteiger partial charge is 0.268 e. The van der Waals surface area contributed by atoms with Crippen LogP contribution >= 0.6 is 24.0 Å². The standard InChI is InChI=1S/C23H18N2O3S3/c1-14-6-9-16(10-7-14)31(27,28)25-19-5-3-2-4-17(19)18-12-15(8-11-20(18)25)13-21-22(26)24-23(29)30-21/h2-12,21H,13H2,1H3,(H,24,26,29). The number of carbonyl (C=O) groups is 1. The first kappa shape index (κ1) is 20.2. The SMILES string of the molecule is Cc1ccc(S(=O)(=O)n2c3ccccc3c3cc(CC4SC(=S)NC4=O)ccc32)cc1. The summed E-state index contributed by atoms with van der Waals surface area (Å²) in [4.78, 5) is 12.3. The lowest BCUT2D eigenvalue weighted by Gasteiger charge is -2.10. The van der Waals surface area contributed by atoms with Gasteiger partial charge >= 0.3 is 0 Å². The van der Waals surface area contributed by atoms with Gasteiger partial charge in [0, 0.05) is 10.8 Å². The minimum Gasteiger partial charge on any atom is -0.311 e. The van der Waals surface area contributed by atoms with Gasteiger partial charge in [-0.2, -0.15) is 0 Å². The van der Waals surface area contributed by atoms with Gasteiger partial charge in [-0.15, -0.1) is 0 Å². The molecule has 0 aliphatic carbocycles. The minimum absolute atomic E-state index is 0.0838. The zero-order valence-corrected chi connectivity index (χ0v) is 19.0. The van der Waals surface area contributed by atoms with E-state index in [0.29, 0.717) is 21.8 Å². The van der Waals surface area contributed by atoms with Crippen molar-refractivity contribution in [3.05, 3.63) is 77.9 Å². The molecule has 1 aliphatic rings. The molecule has 156 valence electrons. The molecule has 1 atom stereocenters. The summed E-state index contributed by atoms with van der Waals surface area (Å²) in [7, 11) is -3.79. The summed E-state index contributed by atoms with van der Waals surface area (Å²) in [6.07, 6.45) is 0.525. The molecule has 1 fully saturated rings. The number of para-hydroxylation sites is 1. The maximum atomic E-state index is 13.6. The average molecular weight is 467 g/mol. The van der Waals surface area contributed by atoms with Crippen LogP contribution in [0.5, 0.6) is 0 Å². The van der Waals surface area contributed by atoms with E-state index in [1.165, 1.54) is 15.7 Å². The zero-order chi connectivity index (χ0) is 21.8. The van der Waals surface area contributed by atoms with Crippen LogP contribution in [0.2, 0.25) is 0 Å². The van der Waals surface area contributed by atoms with E-state index in [0.717, 1.165) is 21.9 Å². The number of hydrogen-bond donors (Lipinski definition) is 1. The number of rotatable bonds is 4. The van der Waals surface area contributed by atoms with E-state index in [2.05, 4.69) is 5.32 Å². The monoisotopic (exact) mass is 466 g/mol. The van der Waals surface area contributed by atoms with Crippen molar-refractivity contribution in [2.75, 3.05) is 0 Å². The second kappa shape index (κ2) is 7.47. The van der Waals surface area contributed by atoms with E-state index in [-0.39, 0.29) is 16.1 Å². The molecule has 0 bridgehead atoms. The van der Waals surface area contributed by atoms with Crippen molar-refractivity contribution in [1.82, 2.24) is 9.29 Å². The summed E-state index contributed by atoms with van der Waals surface area (Å²) in [5.41, 5.74) is 3.20. The first-order valence-corrected chi connectivity index (χ1v) is 12.4. The molecule has 5 rings (SSSR count). The maximum absolute atomic E-state index is 13.6. The van der Waals surface area contributed by atoms with Gasteiger partial charge in [-0.05, 0) is 49.2 Å². The molecule has 0 radical (unpaired) electrons. The van der Waals surface area contributed by atoms with Crippen LogP contribution in [-0.4, -0.2) is 27.9 Å². The molecular weight excluding hydrogens is 448 g/mol. The summed E-state index contributed by atoms with van der Waals surface area (Å²) in [6, 6.07) is 20.0. The second-order valence-corrected chi connectivity index (χ2v) is 11.2. The lowest BCUT2D eigenvalue weighted by molar-refractivity contribution is -0.118. The van der Waals surface area contributed by atoms with Gasteiger partial charge in [0.05, 0.1) is 21.2 Å². The second-order valence-electron chi connectivity index (χ2n) is 7.54. The van der Waals surface area contributed by atoms with Crippen LogP contribution in [0.3, 0.4) is 0 Å². The van der Waals surface area contributed by atoms with Crippen molar-refractivity contribution in [2.24, 2.45) is 0 Å². The quantitative estimate of drug-likeness (QED) is 0.452.